The molecular weight excluding hydrogens is 218 g/mol. The van der Waals surface area contributed by atoms with E-state index in [1.807, 2.05) is 36.4 Å². The quantitative estimate of drug-likeness (QED) is 0.869. The van der Waals surface area contributed by atoms with Gasteiger partial charge in [-0.3, -0.25) is 0 Å². The van der Waals surface area contributed by atoms with Crippen molar-refractivity contribution < 1.29 is 5.11 Å². The van der Waals surface area contributed by atoms with Crippen LogP contribution >= 0.6 is 11.8 Å². The Hall–Kier alpha value is -1.24. The van der Waals surface area contributed by atoms with Crippen LogP contribution in [0.5, 0.6) is 0 Å². The topological polar surface area (TPSA) is 44.0 Å². The molecule has 1 aliphatic rings. The number of thioether (sulfide) groups is 1. The highest BCUT2D eigenvalue weighted by Gasteiger charge is 2.35. The molecule has 16 heavy (non-hydrogen) atoms. The highest BCUT2D eigenvalue weighted by atomic mass is 32.2. The van der Waals surface area contributed by atoms with Crippen molar-refractivity contribution in [2.45, 2.75) is 29.8 Å². The second-order valence-electron chi connectivity index (χ2n) is 3.89. The molecule has 0 fully saturated rings. The molecule has 0 saturated carbocycles. The average molecular weight is 231 g/mol. The summed E-state index contributed by atoms with van der Waals surface area (Å²) in [5.74, 6) is 0. The Morgan fingerprint density at radius 3 is 2.81 bits per heavy atom. The van der Waals surface area contributed by atoms with Crippen LogP contribution in [0.4, 0.5) is 0 Å². The van der Waals surface area contributed by atoms with Crippen LogP contribution in [0, 0.1) is 11.3 Å². The molecule has 1 atom stereocenters. The van der Waals surface area contributed by atoms with Gasteiger partial charge in [0, 0.05) is 9.80 Å². The zero-order valence-electron chi connectivity index (χ0n) is 8.89. The van der Waals surface area contributed by atoms with E-state index in [4.69, 9.17) is 5.26 Å². The molecule has 1 aliphatic carbocycles. The van der Waals surface area contributed by atoms with Crippen molar-refractivity contribution in [3.05, 3.63) is 41.3 Å². The maximum absolute atomic E-state index is 10.3. The molecule has 3 heteroatoms. The van der Waals surface area contributed by atoms with Crippen LogP contribution in [-0.4, -0.2) is 10.7 Å². The predicted octanol–water partition coefficient (Wildman–Crippen LogP) is 3.10. The van der Waals surface area contributed by atoms with Gasteiger partial charge in [0.1, 0.15) is 5.60 Å². The van der Waals surface area contributed by atoms with Crippen molar-refractivity contribution in [1.29, 1.82) is 5.26 Å². The van der Waals surface area contributed by atoms with Gasteiger partial charge in [-0.15, -0.1) is 0 Å². The number of benzene rings is 1. The Kier molecular flexibility index (Phi) is 3.33. The lowest BCUT2D eigenvalue weighted by Gasteiger charge is -2.22. The summed E-state index contributed by atoms with van der Waals surface area (Å²) in [7, 11) is 0. The molecule has 0 radical (unpaired) electrons. The minimum atomic E-state index is -0.921. The number of aliphatic hydroxyl groups is 1. The number of nitriles is 1. The normalized spacial score (nSPS) is 23.9. The van der Waals surface area contributed by atoms with Crippen LogP contribution in [-0.2, 0) is 0 Å². The molecule has 1 aromatic carbocycles. The smallest absolute Gasteiger partial charge is 0.109 e. The molecular formula is C13H13NOS. The standard InChI is InChI=1S/C13H13NOS/c14-10-9-13(15)8-4-7-12(13)16-11-5-2-1-3-6-11/h1-3,5-7,15H,4,8-9H2. The average Bonchev–Trinajstić information content (AvgIpc) is 2.62. The summed E-state index contributed by atoms with van der Waals surface area (Å²) in [4.78, 5) is 2.02. The molecule has 0 heterocycles. The van der Waals surface area contributed by atoms with E-state index in [1.165, 1.54) is 0 Å². The molecule has 0 amide bonds. The third kappa shape index (κ3) is 2.29. The summed E-state index contributed by atoms with van der Waals surface area (Å²) in [6.07, 6.45) is 3.73. The summed E-state index contributed by atoms with van der Waals surface area (Å²) >= 11 is 1.56. The van der Waals surface area contributed by atoms with Crippen LogP contribution in [0.15, 0.2) is 46.2 Å². The second kappa shape index (κ2) is 4.73. The summed E-state index contributed by atoms with van der Waals surface area (Å²) in [5, 5.41) is 19.0. The number of rotatable bonds is 3. The van der Waals surface area contributed by atoms with Gasteiger partial charge < -0.3 is 5.11 Å². The fourth-order valence-electron chi connectivity index (χ4n) is 1.81. The van der Waals surface area contributed by atoms with Gasteiger partial charge in [-0.1, -0.05) is 36.0 Å². The van der Waals surface area contributed by atoms with E-state index < -0.39 is 5.60 Å². The summed E-state index contributed by atoms with van der Waals surface area (Å²) in [6.45, 7) is 0. The molecule has 2 rings (SSSR count). The number of hydrogen-bond acceptors (Lipinski definition) is 3. The highest BCUT2D eigenvalue weighted by Crippen LogP contribution is 2.43. The summed E-state index contributed by atoms with van der Waals surface area (Å²) in [5.41, 5.74) is -0.921. The molecule has 0 aliphatic heterocycles. The molecule has 0 saturated heterocycles. The molecule has 1 N–H and O–H groups in total. The lowest BCUT2D eigenvalue weighted by molar-refractivity contribution is 0.0924. The Balaban J connectivity index is 2.14. The largest absolute Gasteiger partial charge is 0.384 e. The maximum Gasteiger partial charge on any atom is 0.109 e. The molecule has 0 spiro atoms. The predicted molar refractivity (Wildman–Crippen MR) is 64.8 cm³/mol. The Bertz CT molecular complexity index is 435. The van der Waals surface area contributed by atoms with Crippen LogP contribution in [0.1, 0.15) is 19.3 Å². The SMILES string of the molecule is N#CCC1(O)CCC=C1Sc1ccccc1. The third-order valence-corrected chi connectivity index (χ3v) is 3.96. The first-order chi connectivity index (χ1) is 7.74. The van der Waals surface area contributed by atoms with Crippen LogP contribution in [0.3, 0.4) is 0 Å². The van der Waals surface area contributed by atoms with Gasteiger partial charge >= 0.3 is 0 Å². The molecule has 0 aromatic heterocycles. The van der Waals surface area contributed by atoms with Gasteiger partial charge in [0.25, 0.3) is 0 Å². The van der Waals surface area contributed by atoms with E-state index in [0.29, 0.717) is 6.42 Å². The lowest BCUT2D eigenvalue weighted by Crippen LogP contribution is -2.25. The highest BCUT2D eigenvalue weighted by molar-refractivity contribution is 8.03. The molecule has 0 bridgehead atoms. The van der Waals surface area contributed by atoms with Crippen LogP contribution in [0.25, 0.3) is 0 Å². The van der Waals surface area contributed by atoms with Gasteiger partial charge in [0.2, 0.25) is 0 Å². The van der Waals surface area contributed by atoms with Gasteiger partial charge in [-0.25, -0.2) is 0 Å². The van der Waals surface area contributed by atoms with Crippen molar-refractivity contribution in [2.24, 2.45) is 0 Å². The number of allylic oxidation sites excluding steroid dienone is 1. The fourth-order valence-corrected chi connectivity index (χ4v) is 2.93. The zero-order chi connectivity index (χ0) is 11.4. The van der Waals surface area contributed by atoms with Crippen LogP contribution in [0.2, 0.25) is 0 Å². The molecule has 1 unspecified atom stereocenters. The van der Waals surface area contributed by atoms with E-state index >= 15 is 0 Å². The monoisotopic (exact) mass is 231 g/mol. The van der Waals surface area contributed by atoms with Crippen LogP contribution < -0.4 is 0 Å². The van der Waals surface area contributed by atoms with Gasteiger partial charge in [-0.05, 0) is 25.0 Å². The number of hydrogen-bond donors (Lipinski definition) is 1. The first kappa shape index (κ1) is 11.3. The Morgan fingerprint density at radius 1 is 1.38 bits per heavy atom. The lowest BCUT2D eigenvalue weighted by atomic mass is 10.0. The van der Waals surface area contributed by atoms with Gasteiger partial charge in [0.15, 0.2) is 0 Å². The maximum atomic E-state index is 10.3. The minimum absolute atomic E-state index is 0.179. The molecule has 82 valence electrons. The molecule has 1 aromatic rings. The van der Waals surface area contributed by atoms with E-state index in [9.17, 15) is 5.11 Å². The minimum Gasteiger partial charge on any atom is -0.384 e. The fraction of sp³-hybridized carbons (Fsp3) is 0.308. The Morgan fingerprint density at radius 2 is 2.12 bits per heavy atom. The van der Waals surface area contributed by atoms with Crippen molar-refractivity contribution in [3.8, 4) is 6.07 Å². The first-order valence-corrected chi connectivity index (χ1v) is 6.09. The van der Waals surface area contributed by atoms with Crippen molar-refractivity contribution in [1.82, 2.24) is 0 Å². The van der Waals surface area contributed by atoms with E-state index in [2.05, 4.69) is 6.07 Å². The van der Waals surface area contributed by atoms with E-state index in [0.717, 1.165) is 16.2 Å². The van der Waals surface area contributed by atoms with Crippen molar-refractivity contribution in [2.75, 3.05) is 0 Å². The van der Waals surface area contributed by atoms with E-state index in [1.54, 1.807) is 11.8 Å². The Labute approximate surface area is 99.6 Å². The third-order valence-electron chi connectivity index (χ3n) is 2.69. The van der Waals surface area contributed by atoms with E-state index in [-0.39, 0.29) is 6.42 Å². The summed E-state index contributed by atoms with van der Waals surface area (Å²) < 4.78 is 0. The summed E-state index contributed by atoms with van der Waals surface area (Å²) in [6, 6.07) is 12.0. The zero-order valence-corrected chi connectivity index (χ0v) is 9.70. The van der Waals surface area contributed by atoms with Gasteiger partial charge in [-0.2, -0.15) is 5.26 Å². The first-order valence-electron chi connectivity index (χ1n) is 5.27. The second-order valence-corrected chi connectivity index (χ2v) is 5.00. The van der Waals surface area contributed by atoms with Crippen molar-refractivity contribution in [3.63, 3.8) is 0 Å². The van der Waals surface area contributed by atoms with Crippen molar-refractivity contribution >= 4 is 11.8 Å². The molecule has 2 nitrogen and oxygen atoms in total. The number of nitrogens with zero attached hydrogens (tertiary/aromatic N) is 1. The van der Waals surface area contributed by atoms with Gasteiger partial charge in [0.05, 0.1) is 12.5 Å².